The minimum Gasteiger partial charge on any atom is -0.232 e. The van der Waals surface area contributed by atoms with Crippen LogP contribution in [0.25, 0.3) is 5.69 Å². The Labute approximate surface area is 103 Å². The van der Waals surface area contributed by atoms with Crippen LogP contribution in [0.5, 0.6) is 0 Å². The van der Waals surface area contributed by atoms with Gasteiger partial charge in [-0.3, -0.25) is 0 Å². The summed E-state index contributed by atoms with van der Waals surface area (Å²) >= 11 is 0. The fourth-order valence-electron chi connectivity index (χ4n) is 1.94. The van der Waals surface area contributed by atoms with Crippen LogP contribution in [-0.2, 0) is 6.42 Å². The number of aryl methyl sites for hydroxylation is 1. The topological polar surface area (TPSA) is 17.8 Å². The van der Waals surface area contributed by atoms with E-state index in [0.29, 0.717) is 0 Å². The first-order valence-corrected chi connectivity index (χ1v) is 6.41. The van der Waals surface area contributed by atoms with E-state index in [1.165, 1.54) is 37.7 Å². The molecule has 1 aromatic heterocycles. The molecule has 1 aromatic carbocycles. The lowest BCUT2D eigenvalue weighted by Gasteiger charge is -2.04. The van der Waals surface area contributed by atoms with Gasteiger partial charge in [-0.05, 0) is 36.6 Å². The van der Waals surface area contributed by atoms with Crippen molar-refractivity contribution in [3.05, 3.63) is 48.3 Å². The molecule has 2 nitrogen and oxygen atoms in total. The van der Waals surface area contributed by atoms with Gasteiger partial charge in [-0.25, -0.2) is 4.68 Å². The van der Waals surface area contributed by atoms with Crippen LogP contribution < -0.4 is 0 Å². The van der Waals surface area contributed by atoms with Gasteiger partial charge in [-0.2, -0.15) is 5.10 Å². The van der Waals surface area contributed by atoms with E-state index in [2.05, 4.69) is 42.5 Å². The largest absolute Gasteiger partial charge is 0.232 e. The molecule has 0 spiro atoms. The lowest BCUT2D eigenvalue weighted by atomic mass is 10.1. The Morgan fingerprint density at radius 3 is 2.59 bits per heavy atom. The van der Waals surface area contributed by atoms with Crippen molar-refractivity contribution >= 4 is 0 Å². The van der Waals surface area contributed by atoms with Gasteiger partial charge < -0.3 is 0 Å². The number of nitrogens with zero attached hydrogens (tertiary/aromatic N) is 2. The van der Waals surface area contributed by atoms with Crippen molar-refractivity contribution in [3.63, 3.8) is 0 Å². The summed E-state index contributed by atoms with van der Waals surface area (Å²) in [7, 11) is 0. The fraction of sp³-hybridized carbons (Fsp3) is 0.400. The maximum absolute atomic E-state index is 4.16. The first kappa shape index (κ1) is 11.9. The molecule has 0 fully saturated rings. The van der Waals surface area contributed by atoms with Gasteiger partial charge in [0, 0.05) is 0 Å². The average molecular weight is 227 g/mol. The first-order chi connectivity index (χ1) is 8.40. The van der Waals surface area contributed by atoms with Gasteiger partial charge >= 0.3 is 0 Å². The Balaban J connectivity index is 1.90. The molecule has 0 N–H and O–H groups in total. The second-order valence-corrected chi connectivity index (χ2v) is 4.35. The van der Waals surface area contributed by atoms with Gasteiger partial charge in [0.15, 0.2) is 0 Å². The summed E-state index contributed by atoms with van der Waals surface area (Å²) in [5.74, 6) is 0. The molecule has 2 rings (SSSR count). The monoisotopic (exact) mass is 227 g/mol. The SMILES string of the molecule is CCCCCCc1ccc(-n2[c]ccn2)cc1. The van der Waals surface area contributed by atoms with Crippen LogP contribution in [0.2, 0.25) is 0 Å². The maximum Gasteiger partial charge on any atom is 0.0926 e. The van der Waals surface area contributed by atoms with Crippen molar-refractivity contribution in [3.8, 4) is 5.69 Å². The van der Waals surface area contributed by atoms with E-state index in [9.17, 15) is 0 Å². The van der Waals surface area contributed by atoms with Crippen molar-refractivity contribution in [1.82, 2.24) is 9.78 Å². The van der Waals surface area contributed by atoms with Crippen molar-refractivity contribution in [1.29, 1.82) is 0 Å². The number of rotatable bonds is 6. The van der Waals surface area contributed by atoms with Crippen LogP contribution in [-0.4, -0.2) is 9.78 Å². The van der Waals surface area contributed by atoms with E-state index in [1.54, 1.807) is 10.9 Å². The standard InChI is InChI=1S/C15H19N2/c1-2-3-4-5-7-14-8-10-15(11-9-14)17-13-6-12-16-17/h6,8-12H,2-5,7H2,1H3. The molecule has 0 aliphatic rings. The number of hydrogen-bond acceptors (Lipinski definition) is 1. The summed E-state index contributed by atoms with van der Waals surface area (Å²) in [6.45, 7) is 2.25. The lowest BCUT2D eigenvalue weighted by molar-refractivity contribution is 0.667. The highest BCUT2D eigenvalue weighted by Crippen LogP contribution is 2.11. The van der Waals surface area contributed by atoms with Crippen molar-refractivity contribution in [2.75, 3.05) is 0 Å². The van der Waals surface area contributed by atoms with E-state index >= 15 is 0 Å². The normalized spacial score (nSPS) is 10.6. The second kappa shape index (κ2) is 6.24. The Hall–Kier alpha value is -1.57. The molecule has 0 aliphatic carbocycles. The van der Waals surface area contributed by atoms with Crippen LogP contribution in [0.4, 0.5) is 0 Å². The second-order valence-electron chi connectivity index (χ2n) is 4.35. The van der Waals surface area contributed by atoms with Gasteiger partial charge in [-0.1, -0.05) is 38.3 Å². The summed E-state index contributed by atoms with van der Waals surface area (Å²) in [5.41, 5.74) is 2.49. The highest BCUT2D eigenvalue weighted by atomic mass is 15.3. The first-order valence-electron chi connectivity index (χ1n) is 6.41. The van der Waals surface area contributed by atoms with E-state index in [-0.39, 0.29) is 0 Å². The van der Waals surface area contributed by atoms with E-state index in [0.717, 1.165) is 5.69 Å². The molecule has 0 saturated heterocycles. The number of aromatic nitrogens is 2. The summed E-state index contributed by atoms with van der Waals surface area (Å²) in [6, 6.07) is 10.4. The molecule has 0 aliphatic heterocycles. The van der Waals surface area contributed by atoms with Gasteiger partial charge in [-0.15, -0.1) is 0 Å². The zero-order valence-electron chi connectivity index (χ0n) is 10.4. The number of unbranched alkanes of at least 4 members (excludes halogenated alkanes) is 3. The Morgan fingerprint density at radius 2 is 1.94 bits per heavy atom. The molecule has 2 heteroatoms. The van der Waals surface area contributed by atoms with Crippen molar-refractivity contribution in [2.45, 2.75) is 39.0 Å². The molecule has 0 atom stereocenters. The van der Waals surface area contributed by atoms with Crippen LogP contribution >= 0.6 is 0 Å². The summed E-state index contributed by atoms with van der Waals surface area (Å²) in [4.78, 5) is 0. The van der Waals surface area contributed by atoms with E-state index in [1.807, 2.05) is 6.07 Å². The van der Waals surface area contributed by atoms with E-state index in [4.69, 9.17) is 0 Å². The van der Waals surface area contributed by atoms with Crippen LogP contribution in [0, 0.1) is 6.20 Å². The van der Waals surface area contributed by atoms with Crippen LogP contribution in [0.1, 0.15) is 38.2 Å². The summed E-state index contributed by atoms with van der Waals surface area (Å²) < 4.78 is 1.76. The minimum atomic E-state index is 1.08. The molecule has 1 heterocycles. The molecule has 0 amide bonds. The molecular weight excluding hydrogens is 208 g/mol. The fourth-order valence-corrected chi connectivity index (χ4v) is 1.94. The summed E-state index contributed by atoms with van der Waals surface area (Å²) in [6.07, 6.45) is 11.2. The average Bonchev–Trinajstić information content (AvgIpc) is 2.89. The Morgan fingerprint density at radius 1 is 1.12 bits per heavy atom. The third kappa shape index (κ3) is 3.45. The van der Waals surface area contributed by atoms with Crippen LogP contribution in [0.15, 0.2) is 36.5 Å². The Kier molecular flexibility index (Phi) is 4.37. The molecule has 1 radical (unpaired) electrons. The molecule has 2 aromatic rings. The quantitative estimate of drug-likeness (QED) is 0.686. The maximum atomic E-state index is 4.16. The number of hydrogen-bond donors (Lipinski definition) is 0. The minimum absolute atomic E-state index is 1.08. The highest BCUT2D eigenvalue weighted by molar-refractivity contribution is 5.33. The molecule has 0 saturated carbocycles. The zero-order chi connectivity index (χ0) is 11.9. The van der Waals surface area contributed by atoms with E-state index < -0.39 is 0 Å². The Bertz CT molecular complexity index is 415. The zero-order valence-corrected chi connectivity index (χ0v) is 10.4. The lowest BCUT2D eigenvalue weighted by Crippen LogP contribution is -1.95. The number of benzene rings is 1. The molecule has 89 valence electrons. The molecular formula is C15H19N2. The van der Waals surface area contributed by atoms with Crippen LogP contribution in [0.3, 0.4) is 0 Å². The highest BCUT2D eigenvalue weighted by Gasteiger charge is 1.97. The summed E-state index contributed by atoms with van der Waals surface area (Å²) in [5, 5.41) is 4.16. The molecule has 0 unspecified atom stereocenters. The predicted octanol–water partition coefficient (Wildman–Crippen LogP) is 3.80. The third-order valence-corrected chi connectivity index (χ3v) is 2.95. The third-order valence-electron chi connectivity index (χ3n) is 2.95. The van der Waals surface area contributed by atoms with Crippen molar-refractivity contribution in [2.24, 2.45) is 0 Å². The van der Waals surface area contributed by atoms with Gasteiger partial charge in [0.2, 0.25) is 0 Å². The molecule has 17 heavy (non-hydrogen) atoms. The van der Waals surface area contributed by atoms with Crippen molar-refractivity contribution < 1.29 is 0 Å². The van der Waals surface area contributed by atoms with Gasteiger partial charge in [0.25, 0.3) is 0 Å². The van der Waals surface area contributed by atoms with Gasteiger partial charge in [0.1, 0.15) is 0 Å². The predicted molar refractivity (Wildman–Crippen MR) is 70.2 cm³/mol. The molecule has 0 bridgehead atoms. The smallest absolute Gasteiger partial charge is 0.0926 e. The van der Waals surface area contributed by atoms with Gasteiger partial charge in [0.05, 0.1) is 18.1 Å².